The zero-order valence-corrected chi connectivity index (χ0v) is 14.2. The molecule has 0 aliphatic rings. The minimum absolute atomic E-state index is 0.205. The summed E-state index contributed by atoms with van der Waals surface area (Å²) in [6.07, 6.45) is 1.92. The highest BCUT2D eigenvalue weighted by atomic mass is 35.5. The van der Waals surface area contributed by atoms with E-state index >= 15 is 0 Å². The topological polar surface area (TPSA) is 75.3 Å². The Bertz CT molecular complexity index is 867. The highest BCUT2D eigenvalue weighted by Gasteiger charge is 2.28. The molecule has 7 heteroatoms. The molecular weight excluding hydrogens is 330 g/mol. The highest BCUT2D eigenvalue weighted by Crippen LogP contribution is 2.36. The Kier molecular flexibility index (Phi) is 4.59. The molecule has 2 aromatic heterocycles. The van der Waals surface area contributed by atoms with Gasteiger partial charge in [0.1, 0.15) is 10.7 Å². The fourth-order valence-corrected chi connectivity index (χ4v) is 3.23. The molecule has 1 atom stereocenters. The number of H-pyrrole nitrogens is 1. The van der Waals surface area contributed by atoms with Gasteiger partial charge in [-0.05, 0) is 31.3 Å². The normalized spacial score (nSPS) is 12.8. The molecule has 126 valence electrons. The number of aromatic amines is 1. The molecule has 0 aliphatic carbocycles. The minimum Gasteiger partial charge on any atom is -0.404 e. The lowest BCUT2D eigenvalue weighted by Crippen LogP contribution is -2.28. The molecule has 0 radical (unpaired) electrons. The van der Waals surface area contributed by atoms with E-state index in [1.165, 1.54) is 6.07 Å². The van der Waals surface area contributed by atoms with Crippen molar-refractivity contribution in [2.24, 2.45) is 0 Å². The van der Waals surface area contributed by atoms with Crippen LogP contribution in [0.3, 0.4) is 0 Å². The summed E-state index contributed by atoms with van der Waals surface area (Å²) >= 11 is 6.06. The third-order valence-corrected chi connectivity index (χ3v) is 4.45. The van der Waals surface area contributed by atoms with Gasteiger partial charge in [0.15, 0.2) is 0 Å². The van der Waals surface area contributed by atoms with Crippen molar-refractivity contribution in [2.75, 3.05) is 13.1 Å². The van der Waals surface area contributed by atoms with E-state index in [0.717, 1.165) is 29.6 Å². The summed E-state index contributed by atoms with van der Waals surface area (Å²) in [5, 5.41) is 12.6. The van der Waals surface area contributed by atoms with E-state index < -0.39 is 4.92 Å². The van der Waals surface area contributed by atoms with Crippen LogP contribution in [0.4, 0.5) is 5.88 Å². The smallest absolute Gasteiger partial charge is 0.404 e. The summed E-state index contributed by atoms with van der Waals surface area (Å²) in [6.45, 7) is 5.69. The number of fused-ring (bicyclic) bond motifs is 1. The van der Waals surface area contributed by atoms with Crippen LogP contribution < -0.4 is 0 Å². The van der Waals surface area contributed by atoms with Gasteiger partial charge in [-0.3, -0.25) is 15.0 Å². The first kappa shape index (κ1) is 16.5. The fourth-order valence-electron chi connectivity index (χ4n) is 3.05. The van der Waals surface area contributed by atoms with Gasteiger partial charge >= 0.3 is 5.88 Å². The Balaban J connectivity index is 2.14. The van der Waals surface area contributed by atoms with Crippen LogP contribution in [0.2, 0.25) is 5.02 Å². The molecule has 0 fully saturated rings. The molecule has 1 unspecified atom stereocenters. The molecule has 24 heavy (non-hydrogen) atoms. The Morgan fingerprint density at radius 3 is 2.67 bits per heavy atom. The predicted molar refractivity (Wildman–Crippen MR) is 93.4 cm³/mol. The third-order valence-electron chi connectivity index (χ3n) is 4.21. The zero-order valence-electron chi connectivity index (χ0n) is 13.5. The Morgan fingerprint density at radius 2 is 2.04 bits per heavy atom. The molecule has 6 nitrogen and oxygen atoms in total. The largest absolute Gasteiger partial charge is 0.433 e. The van der Waals surface area contributed by atoms with Crippen molar-refractivity contribution in [3.05, 3.63) is 63.0 Å². The molecule has 0 amide bonds. The fraction of sp³-hybridized carbons (Fsp3) is 0.294. The van der Waals surface area contributed by atoms with Crippen molar-refractivity contribution in [2.45, 2.75) is 19.9 Å². The van der Waals surface area contributed by atoms with Crippen LogP contribution in [0.1, 0.15) is 31.2 Å². The van der Waals surface area contributed by atoms with Gasteiger partial charge in [0.2, 0.25) is 0 Å². The van der Waals surface area contributed by atoms with Crippen molar-refractivity contribution in [3.63, 3.8) is 0 Å². The second-order valence-corrected chi connectivity index (χ2v) is 5.93. The van der Waals surface area contributed by atoms with Crippen LogP contribution >= 0.6 is 11.6 Å². The lowest BCUT2D eigenvalue weighted by atomic mass is 10.0. The average molecular weight is 348 g/mol. The SMILES string of the molecule is CCN(CC)C(c1ccc([N+](=O)[O-])o1)c1c[nH]c2cc(Cl)ccc12. The summed E-state index contributed by atoms with van der Waals surface area (Å²) in [7, 11) is 0. The lowest BCUT2D eigenvalue weighted by molar-refractivity contribution is -0.402. The molecule has 3 rings (SSSR count). The lowest BCUT2D eigenvalue weighted by Gasteiger charge is -2.27. The number of halogens is 1. The van der Waals surface area contributed by atoms with Crippen LogP contribution in [0, 0.1) is 10.1 Å². The van der Waals surface area contributed by atoms with E-state index in [2.05, 4.69) is 23.7 Å². The molecule has 2 heterocycles. The second-order valence-electron chi connectivity index (χ2n) is 5.49. The number of hydrogen-bond acceptors (Lipinski definition) is 4. The maximum atomic E-state index is 11.0. The Morgan fingerprint density at radius 1 is 1.29 bits per heavy atom. The van der Waals surface area contributed by atoms with Crippen molar-refractivity contribution in [1.29, 1.82) is 0 Å². The van der Waals surface area contributed by atoms with Crippen molar-refractivity contribution in [3.8, 4) is 0 Å². The number of aromatic nitrogens is 1. The van der Waals surface area contributed by atoms with Gasteiger partial charge < -0.3 is 9.40 Å². The van der Waals surface area contributed by atoms with Crippen LogP contribution in [0.5, 0.6) is 0 Å². The summed E-state index contributed by atoms with van der Waals surface area (Å²) < 4.78 is 5.51. The minimum atomic E-state index is -0.516. The molecule has 0 saturated heterocycles. The number of benzene rings is 1. The van der Waals surface area contributed by atoms with Gasteiger partial charge in [0.25, 0.3) is 0 Å². The van der Waals surface area contributed by atoms with E-state index in [1.807, 2.05) is 24.4 Å². The molecule has 3 aromatic rings. The van der Waals surface area contributed by atoms with Crippen molar-refractivity contribution in [1.82, 2.24) is 9.88 Å². The van der Waals surface area contributed by atoms with E-state index in [-0.39, 0.29) is 11.9 Å². The van der Waals surface area contributed by atoms with E-state index in [1.54, 1.807) is 6.07 Å². The van der Waals surface area contributed by atoms with E-state index in [4.69, 9.17) is 16.0 Å². The monoisotopic (exact) mass is 347 g/mol. The molecule has 1 aromatic carbocycles. The van der Waals surface area contributed by atoms with Gasteiger partial charge in [0.05, 0.1) is 12.1 Å². The molecule has 0 bridgehead atoms. The first-order valence-corrected chi connectivity index (χ1v) is 8.17. The van der Waals surface area contributed by atoms with Gasteiger partial charge in [-0.15, -0.1) is 0 Å². The Hall–Kier alpha value is -2.31. The summed E-state index contributed by atoms with van der Waals surface area (Å²) in [6, 6.07) is 8.53. The molecule has 1 N–H and O–H groups in total. The van der Waals surface area contributed by atoms with Gasteiger partial charge in [-0.2, -0.15) is 0 Å². The van der Waals surface area contributed by atoms with Crippen LogP contribution in [-0.4, -0.2) is 27.9 Å². The summed E-state index contributed by atoms with van der Waals surface area (Å²) in [5.41, 5.74) is 1.94. The third kappa shape index (κ3) is 2.90. The maximum Gasteiger partial charge on any atom is 0.433 e. The number of rotatable bonds is 6. The van der Waals surface area contributed by atoms with E-state index in [9.17, 15) is 10.1 Å². The molecule has 0 spiro atoms. The number of furan rings is 1. The molecule has 0 aliphatic heterocycles. The van der Waals surface area contributed by atoms with Crippen LogP contribution in [0.25, 0.3) is 10.9 Å². The number of nitrogens with zero attached hydrogens (tertiary/aromatic N) is 2. The quantitative estimate of drug-likeness (QED) is 0.515. The number of hydrogen-bond donors (Lipinski definition) is 1. The first-order valence-electron chi connectivity index (χ1n) is 7.79. The van der Waals surface area contributed by atoms with Crippen molar-refractivity contribution < 1.29 is 9.34 Å². The van der Waals surface area contributed by atoms with Crippen molar-refractivity contribution >= 4 is 28.4 Å². The standard InChI is InChI=1S/C17H18ClN3O3/c1-3-20(4-2)17(15-7-8-16(24-15)21(22)23)13-10-19-14-9-11(18)5-6-12(13)14/h5-10,17,19H,3-4H2,1-2H3. The zero-order chi connectivity index (χ0) is 17.3. The van der Waals surface area contributed by atoms with Crippen LogP contribution in [-0.2, 0) is 0 Å². The molecule has 0 saturated carbocycles. The summed E-state index contributed by atoms with van der Waals surface area (Å²) in [5.74, 6) is 0.311. The number of nitrogens with one attached hydrogen (secondary N) is 1. The molecular formula is C17H18ClN3O3. The predicted octanol–water partition coefficient (Wildman–Crippen LogP) is 4.75. The number of nitro groups is 1. The van der Waals surface area contributed by atoms with Crippen LogP contribution in [0.15, 0.2) is 40.9 Å². The summed E-state index contributed by atoms with van der Waals surface area (Å²) in [4.78, 5) is 15.9. The highest BCUT2D eigenvalue weighted by molar-refractivity contribution is 6.31. The van der Waals surface area contributed by atoms with Gasteiger partial charge in [-0.1, -0.05) is 31.5 Å². The maximum absolute atomic E-state index is 11.0. The average Bonchev–Trinajstić information content (AvgIpc) is 3.19. The van der Waals surface area contributed by atoms with E-state index in [0.29, 0.717) is 10.8 Å². The first-order chi connectivity index (χ1) is 11.5. The van der Waals surface area contributed by atoms with Gasteiger partial charge in [-0.25, -0.2) is 0 Å². The Labute approximate surface area is 144 Å². The van der Waals surface area contributed by atoms with Gasteiger partial charge in [0, 0.05) is 27.7 Å². The second kappa shape index (κ2) is 6.67.